The van der Waals surface area contributed by atoms with Gasteiger partial charge in [-0.05, 0) is 31.5 Å². The standard InChI is InChI=1S/C21H20N2/c1-14-17-9-5-6-10-18(17)20(23-21(14,2)3)16-12-15-8-4-7-11-19(15)22-13-16/h4-14H,1-3H3. The van der Waals surface area contributed by atoms with Crippen LogP contribution in [0.15, 0.2) is 65.8 Å². The van der Waals surface area contributed by atoms with Crippen LogP contribution in [-0.4, -0.2) is 16.2 Å². The van der Waals surface area contributed by atoms with Crippen LogP contribution >= 0.6 is 0 Å². The van der Waals surface area contributed by atoms with E-state index in [2.05, 4.69) is 68.2 Å². The van der Waals surface area contributed by atoms with Gasteiger partial charge in [-0.25, -0.2) is 0 Å². The fourth-order valence-electron chi connectivity index (χ4n) is 3.34. The summed E-state index contributed by atoms with van der Waals surface area (Å²) in [6.07, 6.45) is 1.95. The lowest BCUT2D eigenvalue weighted by Crippen LogP contribution is -2.33. The van der Waals surface area contributed by atoms with E-state index in [1.54, 1.807) is 0 Å². The number of pyridine rings is 1. The maximum absolute atomic E-state index is 5.09. The van der Waals surface area contributed by atoms with Gasteiger partial charge in [-0.15, -0.1) is 0 Å². The Labute approximate surface area is 136 Å². The summed E-state index contributed by atoms with van der Waals surface area (Å²) in [5, 5.41) is 1.15. The Morgan fingerprint density at radius 2 is 1.70 bits per heavy atom. The Morgan fingerprint density at radius 1 is 0.957 bits per heavy atom. The maximum atomic E-state index is 5.09. The van der Waals surface area contributed by atoms with Crippen molar-refractivity contribution in [3.05, 3.63) is 77.5 Å². The number of hydrogen-bond acceptors (Lipinski definition) is 2. The molecule has 0 saturated heterocycles. The molecule has 1 aliphatic heterocycles. The van der Waals surface area contributed by atoms with E-state index in [0.29, 0.717) is 5.92 Å². The first-order valence-electron chi connectivity index (χ1n) is 8.10. The second-order valence-corrected chi connectivity index (χ2v) is 6.84. The van der Waals surface area contributed by atoms with Gasteiger partial charge in [-0.3, -0.25) is 9.98 Å². The van der Waals surface area contributed by atoms with Gasteiger partial charge in [0.15, 0.2) is 0 Å². The highest BCUT2D eigenvalue weighted by Gasteiger charge is 2.34. The molecule has 2 nitrogen and oxygen atoms in total. The van der Waals surface area contributed by atoms with Gasteiger partial charge < -0.3 is 0 Å². The van der Waals surface area contributed by atoms with Crippen molar-refractivity contribution in [2.45, 2.75) is 32.2 Å². The summed E-state index contributed by atoms with van der Waals surface area (Å²) < 4.78 is 0. The molecule has 1 unspecified atom stereocenters. The van der Waals surface area contributed by atoms with Gasteiger partial charge in [0.05, 0.1) is 16.8 Å². The monoisotopic (exact) mass is 300 g/mol. The first-order valence-corrected chi connectivity index (χ1v) is 8.10. The maximum Gasteiger partial charge on any atom is 0.0744 e. The molecule has 0 fully saturated rings. The average molecular weight is 300 g/mol. The Hall–Kier alpha value is -2.48. The molecular formula is C21H20N2. The summed E-state index contributed by atoms with van der Waals surface area (Å²) in [5.41, 5.74) is 5.66. The van der Waals surface area contributed by atoms with Crippen molar-refractivity contribution in [1.82, 2.24) is 4.98 Å². The zero-order chi connectivity index (χ0) is 16.0. The third-order valence-corrected chi connectivity index (χ3v) is 5.01. The fourth-order valence-corrected chi connectivity index (χ4v) is 3.34. The number of rotatable bonds is 1. The van der Waals surface area contributed by atoms with Crippen molar-refractivity contribution in [3.8, 4) is 0 Å². The molecule has 0 spiro atoms. The Kier molecular flexibility index (Phi) is 3.08. The van der Waals surface area contributed by atoms with Crippen LogP contribution in [0.25, 0.3) is 10.9 Å². The molecule has 2 heterocycles. The van der Waals surface area contributed by atoms with Crippen LogP contribution in [0.2, 0.25) is 0 Å². The van der Waals surface area contributed by atoms with Crippen LogP contribution in [0.3, 0.4) is 0 Å². The van der Waals surface area contributed by atoms with E-state index in [1.165, 1.54) is 11.1 Å². The number of benzene rings is 2. The topological polar surface area (TPSA) is 25.2 Å². The zero-order valence-corrected chi connectivity index (χ0v) is 13.7. The lowest BCUT2D eigenvalue weighted by atomic mass is 9.77. The normalized spacial score (nSPS) is 19.3. The largest absolute Gasteiger partial charge is 0.277 e. The molecule has 1 atom stereocenters. The van der Waals surface area contributed by atoms with Gasteiger partial charge in [0.25, 0.3) is 0 Å². The molecule has 0 N–H and O–H groups in total. The molecule has 0 bridgehead atoms. The SMILES string of the molecule is CC1c2ccccc2C(c2cnc3ccccc3c2)=NC1(C)C. The number of hydrogen-bond donors (Lipinski definition) is 0. The smallest absolute Gasteiger partial charge is 0.0744 e. The first-order chi connectivity index (χ1) is 11.1. The number of aromatic nitrogens is 1. The van der Waals surface area contributed by atoms with Crippen molar-refractivity contribution < 1.29 is 0 Å². The minimum absolute atomic E-state index is 0.116. The van der Waals surface area contributed by atoms with Crippen molar-refractivity contribution in [2.24, 2.45) is 4.99 Å². The van der Waals surface area contributed by atoms with E-state index in [1.807, 2.05) is 18.3 Å². The third kappa shape index (κ3) is 2.26. The number of aliphatic imine (C=N–C) groups is 1. The van der Waals surface area contributed by atoms with E-state index in [4.69, 9.17) is 4.99 Å². The fraction of sp³-hybridized carbons (Fsp3) is 0.238. The minimum Gasteiger partial charge on any atom is -0.277 e. The van der Waals surface area contributed by atoms with Gasteiger partial charge in [-0.2, -0.15) is 0 Å². The van der Waals surface area contributed by atoms with Crippen LogP contribution in [-0.2, 0) is 0 Å². The summed E-state index contributed by atoms with van der Waals surface area (Å²) in [5.74, 6) is 0.399. The molecule has 1 aliphatic rings. The lowest BCUT2D eigenvalue weighted by Gasteiger charge is -2.35. The Bertz CT molecular complexity index is 922. The molecule has 23 heavy (non-hydrogen) atoms. The van der Waals surface area contributed by atoms with Crippen molar-refractivity contribution in [1.29, 1.82) is 0 Å². The molecular weight excluding hydrogens is 280 g/mol. The summed E-state index contributed by atoms with van der Waals surface area (Å²) in [6.45, 7) is 6.68. The van der Waals surface area contributed by atoms with E-state index in [-0.39, 0.29) is 5.54 Å². The molecule has 4 rings (SSSR count). The van der Waals surface area contributed by atoms with Crippen LogP contribution in [0.1, 0.15) is 43.4 Å². The second-order valence-electron chi connectivity index (χ2n) is 6.84. The minimum atomic E-state index is -0.116. The van der Waals surface area contributed by atoms with Gasteiger partial charge in [0.1, 0.15) is 0 Å². The molecule has 0 saturated carbocycles. The molecule has 114 valence electrons. The summed E-state index contributed by atoms with van der Waals surface area (Å²) in [7, 11) is 0. The average Bonchev–Trinajstić information content (AvgIpc) is 2.58. The zero-order valence-electron chi connectivity index (χ0n) is 13.7. The Morgan fingerprint density at radius 3 is 2.57 bits per heavy atom. The first kappa shape index (κ1) is 14.1. The van der Waals surface area contributed by atoms with Crippen LogP contribution in [0, 0.1) is 0 Å². The summed E-state index contributed by atoms with van der Waals surface area (Å²) >= 11 is 0. The van der Waals surface area contributed by atoms with Gasteiger partial charge in [0.2, 0.25) is 0 Å². The van der Waals surface area contributed by atoms with Crippen LogP contribution in [0.4, 0.5) is 0 Å². The predicted octanol–water partition coefficient (Wildman–Crippen LogP) is 4.97. The predicted molar refractivity (Wildman–Crippen MR) is 96.3 cm³/mol. The van der Waals surface area contributed by atoms with Crippen molar-refractivity contribution in [2.75, 3.05) is 0 Å². The number of para-hydroxylation sites is 1. The van der Waals surface area contributed by atoms with Gasteiger partial charge >= 0.3 is 0 Å². The van der Waals surface area contributed by atoms with Gasteiger partial charge in [0, 0.05) is 28.6 Å². The molecule has 2 aromatic carbocycles. The highest BCUT2D eigenvalue weighted by molar-refractivity contribution is 6.15. The number of nitrogens with zero attached hydrogens (tertiary/aromatic N) is 2. The van der Waals surface area contributed by atoms with Crippen molar-refractivity contribution in [3.63, 3.8) is 0 Å². The van der Waals surface area contributed by atoms with Gasteiger partial charge in [-0.1, -0.05) is 49.4 Å². The van der Waals surface area contributed by atoms with E-state index >= 15 is 0 Å². The van der Waals surface area contributed by atoms with E-state index in [0.717, 1.165) is 22.2 Å². The highest BCUT2D eigenvalue weighted by Crippen LogP contribution is 2.38. The second kappa shape index (κ2) is 5.02. The quantitative estimate of drug-likeness (QED) is 0.623. The molecule has 1 aromatic heterocycles. The van der Waals surface area contributed by atoms with E-state index < -0.39 is 0 Å². The Balaban J connectivity index is 1.95. The number of fused-ring (bicyclic) bond motifs is 2. The molecule has 2 heteroatoms. The summed E-state index contributed by atoms with van der Waals surface area (Å²) in [4.78, 5) is 9.71. The third-order valence-electron chi connectivity index (χ3n) is 5.01. The van der Waals surface area contributed by atoms with Crippen LogP contribution in [0.5, 0.6) is 0 Å². The summed E-state index contributed by atoms with van der Waals surface area (Å²) in [6, 6.07) is 19.0. The molecule has 0 radical (unpaired) electrons. The molecule has 0 amide bonds. The lowest BCUT2D eigenvalue weighted by molar-refractivity contribution is 0.432. The van der Waals surface area contributed by atoms with E-state index in [9.17, 15) is 0 Å². The molecule has 3 aromatic rings. The molecule has 0 aliphatic carbocycles. The van der Waals surface area contributed by atoms with Crippen molar-refractivity contribution >= 4 is 16.6 Å². The van der Waals surface area contributed by atoms with Crippen LogP contribution < -0.4 is 0 Å². The highest BCUT2D eigenvalue weighted by atomic mass is 14.9.